The largest absolute Gasteiger partial charge is 0.418 e. The quantitative estimate of drug-likeness (QED) is 0.543. The molecule has 142 valence electrons. The van der Waals surface area contributed by atoms with Crippen LogP contribution in [0.1, 0.15) is 15.9 Å². The van der Waals surface area contributed by atoms with Crippen LogP contribution in [0.3, 0.4) is 0 Å². The van der Waals surface area contributed by atoms with Gasteiger partial charge in [-0.2, -0.15) is 13.2 Å². The Labute approximate surface area is 157 Å². The monoisotopic (exact) mass is 423 g/mol. The number of nitro benzene ring substituents is 2. The Hall–Kier alpha value is -2.92. The van der Waals surface area contributed by atoms with Crippen molar-refractivity contribution >= 4 is 46.2 Å². The fraction of sp³-hybridized carbons (Fsp3) is 0.0714. The first-order valence-corrected chi connectivity index (χ1v) is 7.48. The first kappa shape index (κ1) is 20.4. The predicted octanol–water partition coefficient (Wildman–Crippen LogP) is 5.08. The molecule has 0 bridgehead atoms. The summed E-state index contributed by atoms with van der Waals surface area (Å²) in [5, 5.41) is 23.1. The molecular weight excluding hydrogens is 418 g/mol. The van der Waals surface area contributed by atoms with Gasteiger partial charge in [0, 0.05) is 16.7 Å². The zero-order chi connectivity index (χ0) is 20.5. The summed E-state index contributed by atoms with van der Waals surface area (Å²) in [5.74, 6) is -1.05. The fourth-order valence-electron chi connectivity index (χ4n) is 2.06. The summed E-state index contributed by atoms with van der Waals surface area (Å²) in [7, 11) is 0. The molecule has 27 heavy (non-hydrogen) atoms. The van der Waals surface area contributed by atoms with Crippen molar-refractivity contribution in [3.8, 4) is 0 Å². The molecule has 0 atom stereocenters. The van der Waals surface area contributed by atoms with Crippen molar-refractivity contribution in [2.24, 2.45) is 0 Å². The van der Waals surface area contributed by atoms with E-state index in [-0.39, 0.29) is 16.7 Å². The Kier molecular flexibility index (Phi) is 5.56. The highest BCUT2D eigenvalue weighted by Gasteiger charge is 2.42. The molecule has 0 unspecified atom stereocenters. The molecule has 1 amide bonds. The van der Waals surface area contributed by atoms with Gasteiger partial charge in [-0.3, -0.25) is 25.0 Å². The maximum atomic E-state index is 13.0. The SMILES string of the molecule is O=C(Nc1c([N+](=O)[O-])cc(C(F)(F)F)c(Cl)c1[N+](=O)[O-])c1ccc(Cl)cc1. The third kappa shape index (κ3) is 4.26. The highest BCUT2D eigenvalue weighted by molar-refractivity contribution is 6.34. The second-order valence-corrected chi connectivity index (χ2v) is 5.77. The lowest BCUT2D eigenvalue weighted by atomic mass is 10.1. The number of nitrogens with one attached hydrogen (secondary N) is 1. The van der Waals surface area contributed by atoms with Crippen LogP contribution in [0, 0.1) is 20.2 Å². The topological polar surface area (TPSA) is 115 Å². The zero-order valence-corrected chi connectivity index (χ0v) is 14.2. The summed E-state index contributed by atoms with van der Waals surface area (Å²) in [6, 6.07) is 5.05. The van der Waals surface area contributed by atoms with E-state index >= 15 is 0 Å². The van der Waals surface area contributed by atoms with Crippen molar-refractivity contribution in [3.05, 3.63) is 71.7 Å². The summed E-state index contributed by atoms with van der Waals surface area (Å²) in [4.78, 5) is 31.9. The lowest BCUT2D eigenvalue weighted by molar-refractivity contribution is -0.392. The number of carbonyl (C=O) groups is 1. The molecule has 0 radical (unpaired) electrons. The van der Waals surface area contributed by atoms with E-state index in [4.69, 9.17) is 23.2 Å². The third-order valence-corrected chi connectivity index (χ3v) is 3.88. The Morgan fingerprint density at radius 1 is 1.04 bits per heavy atom. The van der Waals surface area contributed by atoms with Crippen LogP contribution in [-0.2, 0) is 6.18 Å². The van der Waals surface area contributed by atoms with Crippen molar-refractivity contribution < 1.29 is 27.8 Å². The van der Waals surface area contributed by atoms with Crippen LogP contribution < -0.4 is 5.32 Å². The molecule has 2 rings (SSSR count). The molecule has 0 spiro atoms. The highest BCUT2D eigenvalue weighted by atomic mass is 35.5. The Balaban J connectivity index is 2.68. The van der Waals surface area contributed by atoms with Crippen LogP contribution >= 0.6 is 23.2 Å². The lowest BCUT2D eigenvalue weighted by Crippen LogP contribution is -2.16. The molecule has 2 aromatic rings. The number of hydrogen-bond acceptors (Lipinski definition) is 5. The summed E-state index contributed by atoms with van der Waals surface area (Å²) in [5.41, 5.74) is -5.71. The summed E-state index contributed by atoms with van der Waals surface area (Å²) in [6.45, 7) is 0. The highest BCUT2D eigenvalue weighted by Crippen LogP contribution is 2.47. The van der Waals surface area contributed by atoms with E-state index in [1.807, 2.05) is 5.32 Å². The number of hydrogen-bond donors (Lipinski definition) is 1. The van der Waals surface area contributed by atoms with Crippen LogP contribution in [0.4, 0.5) is 30.2 Å². The molecule has 0 aliphatic heterocycles. The van der Waals surface area contributed by atoms with E-state index in [2.05, 4.69) is 0 Å². The molecule has 0 aromatic heterocycles. The molecule has 0 aliphatic rings. The van der Waals surface area contributed by atoms with E-state index in [0.717, 1.165) is 0 Å². The van der Waals surface area contributed by atoms with Crippen LogP contribution in [0.2, 0.25) is 10.0 Å². The number of carbonyl (C=O) groups excluding carboxylic acids is 1. The predicted molar refractivity (Wildman–Crippen MR) is 89.2 cm³/mol. The van der Waals surface area contributed by atoms with Gasteiger partial charge in [-0.1, -0.05) is 23.2 Å². The standard InChI is InChI=1S/C14H6Cl2F3N3O5/c15-7-3-1-6(2-4-7)13(23)20-11-9(21(24)25)5-8(14(17,18)19)10(16)12(11)22(26)27/h1-5H,(H,20,23). The minimum absolute atomic E-state index is 0.0206. The maximum Gasteiger partial charge on any atom is 0.418 e. The fourth-order valence-corrected chi connectivity index (χ4v) is 2.51. The van der Waals surface area contributed by atoms with Crippen LogP contribution in [-0.4, -0.2) is 15.8 Å². The molecule has 1 N–H and O–H groups in total. The van der Waals surface area contributed by atoms with Crippen LogP contribution in [0.15, 0.2) is 30.3 Å². The van der Waals surface area contributed by atoms with Crippen molar-refractivity contribution in [1.29, 1.82) is 0 Å². The van der Waals surface area contributed by atoms with Crippen LogP contribution in [0.25, 0.3) is 0 Å². The van der Waals surface area contributed by atoms with E-state index in [1.54, 1.807) is 0 Å². The summed E-state index contributed by atoms with van der Waals surface area (Å²) < 4.78 is 39.0. The van der Waals surface area contributed by atoms with E-state index < -0.39 is 49.6 Å². The van der Waals surface area contributed by atoms with Gasteiger partial charge in [0.2, 0.25) is 5.69 Å². The van der Waals surface area contributed by atoms with E-state index in [0.29, 0.717) is 0 Å². The van der Waals surface area contributed by atoms with Crippen molar-refractivity contribution in [3.63, 3.8) is 0 Å². The zero-order valence-electron chi connectivity index (χ0n) is 12.7. The van der Waals surface area contributed by atoms with Gasteiger partial charge >= 0.3 is 17.6 Å². The smallest absolute Gasteiger partial charge is 0.310 e. The van der Waals surface area contributed by atoms with Gasteiger partial charge in [0.1, 0.15) is 5.02 Å². The minimum Gasteiger partial charge on any atom is -0.310 e. The summed E-state index contributed by atoms with van der Waals surface area (Å²) >= 11 is 11.1. The van der Waals surface area contributed by atoms with Gasteiger partial charge in [-0.15, -0.1) is 0 Å². The van der Waals surface area contributed by atoms with E-state index in [9.17, 15) is 38.2 Å². The normalized spacial score (nSPS) is 11.1. The second kappa shape index (κ2) is 7.37. The Morgan fingerprint density at radius 3 is 2.04 bits per heavy atom. The molecule has 0 heterocycles. The van der Waals surface area contributed by atoms with Crippen molar-refractivity contribution in [2.75, 3.05) is 5.32 Å². The second-order valence-electron chi connectivity index (χ2n) is 4.95. The number of nitro groups is 2. The van der Waals surface area contributed by atoms with Crippen molar-refractivity contribution in [1.82, 2.24) is 0 Å². The number of alkyl halides is 3. The first-order chi connectivity index (χ1) is 12.4. The number of anilines is 1. The number of amides is 1. The van der Waals surface area contributed by atoms with Gasteiger partial charge in [0.05, 0.1) is 15.4 Å². The first-order valence-electron chi connectivity index (χ1n) is 6.73. The van der Waals surface area contributed by atoms with Crippen molar-refractivity contribution in [2.45, 2.75) is 6.18 Å². The molecule has 13 heteroatoms. The third-order valence-electron chi connectivity index (χ3n) is 3.25. The number of benzene rings is 2. The lowest BCUT2D eigenvalue weighted by Gasteiger charge is -2.13. The minimum atomic E-state index is -5.19. The molecule has 0 aliphatic carbocycles. The Morgan fingerprint density at radius 2 is 1.59 bits per heavy atom. The van der Waals surface area contributed by atoms with Crippen LogP contribution in [0.5, 0.6) is 0 Å². The molecule has 8 nitrogen and oxygen atoms in total. The molecule has 0 saturated heterocycles. The number of halogens is 5. The average molecular weight is 424 g/mol. The number of nitrogens with zero attached hydrogens (tertiary/aromatic N) is 2. The molecule has 2 aromatic carbocycles. The van der Waals surface area contributed by atoms with Gasteiger partial charge in [0.25, 0.3) is 5.91 Å². The van der Waals surface area contributed by atoms with Gasteiger partial charge in [-0.25, -0.2) is 0 Å². The summed E-state index contributed by atoms with van der Waals surface area (Å²) in [6.07, 6.45) is -5.19. The van der Waals surface area contributed by atoms with Gasteiger partial charge in [-0.05, 0) is 24.3 Å². The molecule has 0 fully saturated rings. The average Bonchev–Trinajstić information content (AvgIpc) is 2.53. The number of rotatable bonds is 4. The van der Waals surface area contributed by atoms with E-state index in [1.165, 1.54) is 24.3 Å². The maximum absolute atomic E-state index is 13.0. The van der Waals surface area contributed by atoms with Gasteiger partial charge < -0.3 is 5.32 Å². The van der Waals surface area contributed by atoms with Gasteiger partial charge in [0.15, 0.2) is 0 Å². The Bertz CT molecular complexity index is 948. The molecule has 0 saturated carbocycles. The molecular formula is C14H6Cl2F3N3O5.